The van der Waals surface area contributed by atoms with Crippen LogP contribution >= 0.6 is 0 Å². The molecule has 0 spiro atoms. The SMILES string of the molecule is CCCCCCCCC(/C=C\CCCCCCCN(CCC)CCCCCCCC(=O)OCCCCC)CCCCCCCC. The van der Waals surface area contributed by atoms with Crippen LogP contribution in [0.1, 0.15) is 220 Å². The number of ether oxygens (including phenoxy) is 1. The van der Waals surface area contributed by atoms with Crippen LogP contribution in [0.25, 0.3) is 0 Å². The molecule has 0 radical (unpaired) electrons. The van der Waals surface area contributed by atoms with E-state index in [4.69, 9.17) is 4.74 Å². The number of carbonyl (C=O) groups excluding carboxylic acids is 1. The van der Waals surface area contributed by atoms with E-state index in [0.717, 1.165) is 31.6 Å². The van der Waals surface area contributed by atoms with E-state index in [-0.39, 0.29) is 5.97 Å². The molecule has 0 bridgehead atoms. The first-order valence-electron chi connectivity index (χ1n) is 20.7. The molecule has 45 heavy (non-hydrogen) atoms. The normalized spacial score (nSPS) is 11.9. The lowest BCUT2D eigenvalue weighted by atomic mass is 9.93. The van der Waals surface area contributed by atoms with Crippen LogP contribution in [-0.2, 0) is 9.53 Å². The summed E-state index contributed by atoms with van der Waals surface area (Å²) < 4.78 is 5.32. The second kappa shape index (κ2) is 37.6. The van der Waals surface area contributed by atoms with Crippen LogP contribution in [0.4, 0.5) is 0 Å². The zero-order valence-electron chi connectivity index (χ0n) is 31.5. The highest BCUT2D eigenvalue weighted by atomic mass is 16.5. The van der Waals surface area contributed by atoms with Gasteiger partial charge in [-0.1, -0.05) is 168 Å². The number of esters is 1. The van der Waals surface area contributed by atoms with Gasteiger partial charge in [-0.3, -0.25) is 4.79 Å². The van der Waals surface area contributed by atoms with Gasteiger partial charge in [0.2, 0.25) is 0 Å². The van der Waals surface area contributed by atoms with Crippen LogP contribution in [0.5, 0.6) is 0 Å². The number of unbranched alkanes of at least 4 members (excludes halogenated alkanes) is 21. The van der Waals surface area contributed by atoms with Crippen LogP contribution in [0, 0.1) is 5.92 Å². The molecule has 268 valence electrons. The van der Waals surface area contributed by atoms with Gasteiger partial charge in [0.25, 0.3) is 0 Å². The fourth-order valence-corrected chi connectivity index (χ4v) is 6.52. The summed E-state index contributed by atoms with van der Waals surface area (Å²) in [6, 6.07) is 0. The monoisotopic (exact) mass is 634 g/mol. The van der Waals surface area contributed by atoms with Crippen molar-refractivity contribution >= 4 is 5.97 Å². The van der Waals surface area contributed by atoms with Gasteiger partial charge in [-0.05, 0) is 83.3 Å². The average Bonchev–Trinajstić information content (AvgIpc) is 3.04. The molecule has 0 aliphatic rings. The number of allylic oxidation sites excluding steroid dienone is 2. The van der Waals surface area contributed by atoms with Gasteiger partial charge in [-0.25, -0.2) is 0 Å². The predicted molar refractivity (Wildman–Crippen MR) is 201 cm³/mol. The molecule has 0 saturated carbocycles. The third kappa shape index (κ3) is 34.3. The summed E-state index contributed by atoms with van der Waals surface area (Å²) in [6.07, 6.45) is 44.4. The topological polar surface area (TPSA) is 29.5 Å². The Kier molecular flexibility index (Phi) is 36.9. The Morgan fingerprint density at radius 3 is 1.53 bits per heavy atom. The third-order valence-corrected chi connectivity index (χ3v) is 9.52. The van der Waals surface area contributed by atoms with Gasteiger partial charge >= 0.3 is 5.97 Å². The van der Waals surface area contributed by atoms with Gasteiger partial charge in [-0.15, -0.1) is 0 Å². The van der Waals surface area contributed by atoms with Crippen molar-refractivity contribution in [2.24, 2.45) is 5.92 Å². The van der Waals surface area contributed by atoms with Crippen molar-refractivity contribution in [2.75, 3.05) is 26.2 Å². The van der Waals surface area contributed by atoms with Gasteiger partial charge in [0.15, 0.2) is 0 Å². The fraction of sp³-hybridized carbons (Fsp3) is 0.929. The molecule has 0 rings (SSSR count). The second-order valence-electron chi connectivity index (χ2n) is 14.1. The van der Waals surface area contributed by atoms with E-state index in [1.807, 2.05) is 0 Å². The highest BCUT2D eigenvalue weighted by Gasteiger charge is 2.07. The maximum absolute atomic E-state index is 11.8. The molecule has 0 aliphatic heterocycles. The first-order chi connectivity index (χ1) is 22.2. The molecule has 3 heteroatoms. The van der Waals surface area contributed by atoms with E-state index in [1.165, 1.54) is 180 Å². The van der Waals surface area contributed by atoms with Crippen molar-refractivity contribution in [2.45, 2.75) is 220 Å². The van der Waals surface area contributed by atoms with Crippen molar-refractivity contribution in [1.29, 1.82) is 0 Å². The molecule has 0 atom stereocenters. The highest BCUT2D eigenvalue weighted by Crippen LogP contribution is 2.21. The number of hydrogen-bond donors (Lipinski definition) is 0. The Labute approximate surface area is 284 Å². The highest BCUT2D eigenvalue weighted by molar-refractivity contribution is 5.69. The van der Waals surface area contributed by atoms with Crippen molar-refractivity contribution < 1.29 is 9.53 Å². The van der Waals surface area contributed by atoms with Crippen LogP contribution in [-0.4, -0.2) is 37.1 Å². The quantitative estimate of drug-likeness (QED) is 0.0387. The van der Waals surface area contributed by atoms with Gasteiger partial charge in [0, 0.05) is 6.42 Å². The van der Waals surface area contributed by atoms with E-state index in [1.54, 1.807) is 0 Å². The third-order valence-electron chi connectivity index (χ3n) is 9.52. The van der Waals surface area contributed by atoms with Crippen LogP contribution in [0.3, 0.4) is 0 Å². The second-order valence-corrected chi connectivity index (χ2v) is 14.1. The molecule has 0 unspecified atom stereocenters. The van der Waals surface area contributed by atoms with Crippen molar-refractivity contribution in [3.05, 3.63) is 12.2 Å². The molecule has 0 N–H and O–H groups in total. The van der Waals surface area contributed by atoms with E-state index in [9.17, 15) is 4.79 Å². The zero-order valence-corrected chi connectivity index (χ0v) is 31.5. The van der Waals surface area contributed by atoms with Gasteiger partial charge < -0.3 is 9.64 Å². The Morgan fingerprint density at radius 2 is 0.978 bits per heavy atom. The number of rotatable bonds is 37. The number of carbonyl (C=O) groups is 1. The summed E-state index contributed by atoms with van der Waals surface area (Å²) in [4.78, 5) is 14.5. The fourth-order valence-electron chi connectivity index (χ4n) is 6.52. The number of nitrogens with zero attached hydrogens (tertiary/aromatic N) is 1. The minimum absolute atomic E-state index is 0.00272. The van der Waals surface area contributed by atoms with Gasteiger partial charge in [-0.2, -0.15) is 0 Å². The summed E-state index contributed by atoms with van der Waals surface area (Å²) in [5.74, 6) is 0.832. The largest absolute Gasteiger partial charge is 0.466 e. The molecular weight excluding hydrogens is 550 g/mol. The zero-order chi connectivity index (χ0) is 32.9. The smallest absolute Gasteiger partial charge is 0.305 e. The van der Waals surface area contributed by atoms with Crippen molar-refractivity contribution in [3.8, 4) is 0 Å². The van der Waals surface area contributed by atoms with Crippen LogP contribution in [0.2, 0.25) is 0 Å². The summed E-state index contributed by atoms with van der Waals surface area (Å²) in [5.41, 5.74) is 0. The molecule has 0 aromatic heterocycles. The van der Waals surface area contributed by atoms with E-state index < -0.39 is 0 Å². The summed E-state index contributed by atoms with van der Waals surface area (Å²) in [5, 5.41) is 0. The van der Waals surface area contributed by atoms with Crippen LogP contribution in [0.15, 0.2) is 12.2 Å². The minimum atomic E-state index is 0.00272. The number of hydrogen-bond acceptors (Lipinski definition) is 3. The molecule has 0 amide bonds. The molecule has 0 aliphatic carbocycles. The molecular formula is C42H83NO2. The lowest BCUT2D eigenvalue weighted by molar-refractivity contribution is -0.143. The Bertz CT molecular complexity index is 588. The van der Waals surface area contributed by atoms with E-state index >= 15 is 0 Å². The van der Waals surface area contributed by atoms with E-state index in [0.29, 0.717) is 13.0 Å². The predicted octanol–water partition coefficient (Wildman–Crippen LogP) is 13.8. The van der Waals surface area contributed by atoms with Crippen molar-refractivity contribution in [1.82, 2.24) is 4.90 Å². The Hall–Kier alpha value is -0.830. The first-order valence-corrected chi connectivity index (χ1v) is 20.7. The molecule has 0 fully saturated rings. The standard InChI is InChI=1S/C42H83NO2/c1-5-9-12-14-20-26-33-41(34-27-21-15-13-10-6-2)35-28-22-17-16-18-24-30-38-43(37-8-4)39-31-25-19-23-29-36-42(44)45-40-32-11-7-3/h28,35,41H,5-27,29-34,36-40H2,1-4H3/b35-28-. The Balaban J connectivity index is 3.95. The Morgan fingerprint density at radius 1 is 0.511 bits per heavy atom. The molecule has 0 aromatic carbocycles. The molecule has 0 saturated heterocycles. The lowest BCUT2D eigenvalue weighted by Gasteiger charge is -2.21. The molecule has 3 nitrogen and oxygen atoms in total. The maximum Gasteiger partial charge on any atom is 0.305 e. The van der Waals surface area contributed by atoms with Crippen molar-refractivity contribution in [3.63, 3.8) is 0 Å². The average molecular weight is 634 g/mol. The van der Waals surface area contributed by atoms with Gasteiger partial charge in [0.05, 0.1) is 6.61 Å². The lowest BCUT2D eigenvalue weighted by Crippen LogP contribution is -2.27. The van der Waals surface area contributed by atoms with Crippen LogP contribution < -0.4 is 0 Å². The molecule has 0 heterocycles. The van der Waals surface area contributed by atoms with Gasteiger partial charge in [0.1, 0.15) is 0 Å². The summed E-state index contributed by atoms with van der Waals surface area (Å²) in [7, 11) is 0. The summed E-state index contributed by atoms with van der Waals surface area (Å²) in [6.45, 7) is 13.5. The summed E-state index contributed by atoms with van der Waals surface area (Å²) >= 11 is 0. The van der Waals surface area contributed by atoms with E-state index in [2.05, 4.69) is 44.7 Å². The maximum atomic E-state index is 11.8. The minimum Gasteiger partial charge on any atom is -0.466 e. The first kappa shape index (κ1) is 44.2. The molecule has 0 aromatic rings.